The first-order valence-corrected chi connectivity index (χ1v) is 11.3. The molecule has 7 nitrogen and oxygen atoms in total. The van der Waals surface area contributed by atoms with E-state index in [1.807, 2.05) is 37.3 Å². The number of aliphatic carboxylic acids is 1. The molecular formula is C25H33N3O4. The number of carboxylic acids is 1. The quantitative estimate of drug-likeness (QED) is 0.477. The molecule has 0 atom stereocenters. The number of benzene rings is 2. The van der Waals surface area contributed by atoms with Gasteiger partial charge in [-0.25, -0.2) is 4.79 Å². The number of hydrogen-bond donors (Lipinski definition) is 3. The van der Waals surface area contributed by atoms with Gasteiger partial charge in [-0.3, -0.25) is 4.79 Å². The molecule has 0 radical (unpaired) electrons. The summed E-state index contributed by atoms with van der Waals surface area (Å²) in [4.78, 5) is 25.2. The molecule has 172 valence electrons. The molecule has 1 aliphatic rings. The van der Waals surface area contributed by atoms with E-state index in [4.69, 9.17) is 9.84 Å². The molecule has 1 heterocycles. The van der Waals surface area contributed by atoms with Gasteiger partial charge < -0.3 is 25.4 Å². The molecule has 0 bridgehead atoms. The van der Waals surface area contributed by atoms with Crippen molar-refractivity contribution < 1.29 is 19.4 Å². The van der Waals surface area contributed by atoms with Gasteiger partial charge in [-0.15, -0.1) is 0 Å². The number of nitrogens with one attached hydrogen (secondary N) is 2. The van der Waals surface area contributed by atoms with Gasteiger partial charge in [-0.2, -0.15) is 0 Å². The van der Waals surface area contributed by atoms with Crippen LogP contribution in [0.5, 0.6) is 5.75 Å². The van der Waals surface area contributed by atoms with E-state index < -0.39 is 12.0 Å². The average molecular weight is 440 g/mol. The molecule has 2 aromatic rings. The fourth-order valence-corrected chi connectivity index (χ4v) is 4.05. The Morgan fingerprint density at radius 1 is 1.03 bits per heavy atom. The van der Waals surface area contributed by atoms with Gasteiger partial charge >= 0.3 is 12.0 Å². The summed E-state index contributed by atoms with van der Waals surface area (Å²) in [6, 6.07) is 11.4. The standard InChI is InChI=1S/C25H33N3O4/c1-18-20(8-5-10-22(18)27-25(31)26-13-12-24(29)30)21-9-6-11-23(19(21)2)32-17-7-16-28-14-3-4-15-28/h5-6,8-11H,3-4,7,12-17H2,1-2H3,(H,29,30)(H2,26,27,31). The van der Waals surface area contributed by atoms with Crippen LogP contribution in [0.25, 0.3) is 11.1 Å². The molecular weight excluding hydrogens is 406 g/mol. The molecule has 32 heavy (non-hydrogen) atoms. The lowest BCUT2D eigenvalue weighted by Gasteiger charge is -2.18. The number of anilines is 1. The smallest absolute Gasteiger partial charge is 0.319 e. The molecule has 2 amide bonds. The van der Waals surface area contributed by atoms with Crippen LogP contribution in [0.3, 0.4) is 0 Å². The van der Waals surface area contributed by atoms with Crippen LogP contribution in [0.4, 0.5) is 10.5 Å². The van der Waals surface area contributed by atoms with Gasteiger partial charge in [0.05, 0.1) is 13.0 Å². The fraction of sp³-hybridized carbons (Fsp3) is 0.440. The van der Waals surface area contributed by atoms with Crippen LogP contribution in [0, 0.1) is 13.8 Å². The first kappa shape index (κ1) is 23.6. The topological polar surface area (TPSA) is 90.9 Å². The third kappa shape index (κ3) is 6.47. The highest BCUT2D eigenvalue weighted by Gasteiger charge is 2.14. The van der Waals surface area contributed by atoms with E-state index in [-0.39, 0.29) is 13.0 Å². The first-order chi connectivity index (χ1) is 15.5. The van der Waals surface area contributed by atoms with Gasteiger partial charge in [0.2, 0.25) is 0 Å². The lowest BCUT2D eigenvalue weighted by molar-refractivity contribution is -0.136. The Morgan fingerprint density at radius 3 is 2.44 bits per heavy atom. The Balaban J connectivity index is 1.65. The normalized spacial score (nSPS) is 13.7. The van der Waals surface area contributed by atoms with Crippen molar-refractivity contribution in [3.63, 3.8) is 0 Å². The fourth-order valence-electron chi connectivity index (χ4n) is 4.05. The van der Waals surface area contributed by atoms with Crippen molar-refractivity contribution in [3.8, 4) is 16.9 Å². The van der Waals surface area contributed by atoms with Crippen LogP contribution in [-0.2, 0) is 4.79 Å². The van der Waals surface area contributed by atoms with Crippen LogP contribution in [0.1, 0.15) is 36.8 Å². The molecule has 1 aliphatic heterocycles. The zero-order valence-electron chi connectivity index (χ0n) is 18.9. The predicted molar refractivity (Wildman–Crippen MR) is 126 cm³/mol. The number of ether oxygens (including phenoxy) is 1. The second-order valence-corrected chi connectivity index (χ2v) is 8.18. The number of hydrogen-bond acceptors (Lipinski definition) is 4. The lowest BCUT2D eigenvalue weighted by atomic mass is 9.95. The van der Waals surface area contributed by atoms with Crippen LogP contribution in [0.2, 0.25) is 0 Å². The summed E-state index contributed by atoms with van der Waals surface area (Å²) in [5.41, 5.74) is 4.78. The molecule has 7 heteroatoms. The number of carbonyl (C=O) groups excluding carboxylic acids is 1. The highest BCUT2D eigenvalue weighted by atomic mass is 16.5. The molecule has 3 rings (SSSR count). The third-order valence-corrected chi connectivity index (χ3v) is 5.86. The van der Waals surface area contributed by atoms with E-state index in [0.717, 1.165) is 41.0 Å². The Hall–Kier alpha value is -3.06. The zero-order chi connectivity index (χ0) is 22.9. The summed E-state index contributed by atoms with van der Waals surface area (Å²) < 4.78 is 6.10. The van der Waals surface area contributed by atoms with E-state index in [1.165, 1.54) is 25.9 Å². The highest BCUT2D eigenvalue weighted by Crippen LogP contribution is 2.34. The molecule has 2 aromatic carbocycles. The maximum Gasteiger partial charge on any atom is 0.319 e. The minimum Gasteiger partial charge on any atom is -0.493 e. The van der Waals surface area contributed by atoms with Gasteiger partial charge in [0.1, 0.15) is 5.75 Å². The summed E-state index contributed by atoms with van der Waals surface area (Å²) in [5.74, 6) is -0.0646. The van der Waals surface area contributed by atoms with Gasteiger partial charge in [0.25, 0.3) is 0 Å². The molecule has 0 unspecified atom stereocenters. The number of amides is 2. The van der Waals surface area contributed by atoms with Gasteiger partial charge in [0, 0.05) is 18.8 Å². The summed E-state index contributed by atoms with van der Waals surface area (Å²) in [6.07, 6.45) is 3.51. The molecule has 0 aromatic heterocycles. The average Bonchev–Trinajstić information content (AvgIpc) is 3.27. The van der Waals surface area contributed by atoms with E-state index >= 15 is 0 Å². The van der Waals surface area contributed by atoms with E-state index in [0.29, 0.717) is 12.3 Å². The van der Waals surface area contributed by atoms with Crippen molar-refractivity contribution in [2.45, 2.75) is 39.5 Å². The number of rotatable bonds is 10. The minimum absolute atomic E-state index is 0.0795. The molecule has 3 N–H and O–H groups in total. The largest absolute Gasteiger partial charge is 0.493 e. The number of carboxylic acid groups (broad SMARTS) is 1. The summed E-state index contributed by atoms with van der Waals surface area (Å²) in [6.45, 7) is 8.29. The SMILES string of the molecule is Cc1c(NC(=O)NCCC(=O)O)cccc1-c1cccc(OCCCN2CCCC2)c1C. The number of urea groups is 1. The van der Waals surface area contributed by atoms with Gasteiger partial charge in [0.15, 0.2) is 0 Å². The Morgan fingerprint density at radius 2 is 1.72 bits per heavy atom. The van der Waals surface area contributed by atoms with E-state index in [9.17, 15) is 9.59 Å². The van der Waals surface area contributed by atoms with Gasteiger partial charge in [-0.1, -0.05) is 24.3 Å². The predicted octanol–water partition coefficient (Wildman–Crippen LogP) is 4.43. The number of nitrogens with zero attached hydrogens (tertiary/aromatic N) is 1. The molecule has 0 aliphatic carbocycles. The zero-order valence-corrected chi connectivity index (χ0v) is 18.9. The molecule has 1 fully saturated rings. The van der Waals surface area contributed by atoms with Crippen LogP contribution >= 0.6 is 0 Å². The minimum atomic E-state index is -0.947. The van der Waals surface area contributed by atoms with Crippen molar-refractivity contribution >= 4 is 17.7 Å². The van der Waals surface area contributed by atoms with Crippen molar-refractivity contribution in [2.24, 2.45) is 0 Å². The number of likely N-dealkylation sites (tertiary alicyclic amines) is 1. The summed E-state index contributed by atoms with van der Waals surface area (Å²) in [7, 11) is 0. The van der Waals surface area contributed by atoms with Crippen molar-refractivity contribution in [3.05, 3.63) is 47.5 Å². The second-order valence-electron chi connectivity index (χ2n) is 8.18. The Kier molecular flexibility index (Phi) is 8.50. The Labute approximate surface area is 189 Å². The monoisotopic (exact) mass is 439 g/mol. The maximum absolute atomic E-state index is 12.1. The van der Waals surface area contributed by atoms with Gasteiger partial charge in [-0.05, 0) is 80.6 Å². The molecule has 0 saturated carbocycles. The first-order valence-electron chi connectivity index (χ1n) is 11.3. The van der Waals surface area contributed by atoms with Crippen LogP contribution in [-0.4, -0.2) is 54.8 Å². The van der Waals surface area contributed by atoms with Crippen LogP contribution < -0.4 is 15.4 Å². The van der Waals surface area contributed by atoms with Crippen molar-refractivity contribution in [1.29, 1.82) is 0 Å². The molecule has 1 saturated heterocycles. The van der Waals surface area contributed by atoms with Crippen molar-refractivity contribution in [2.75, 3.05) is 38.1 Å². The highest BCUT2D eigenvalue weighted by molar-refractivity contribution is 5.92. The van der Waals surface area contributed by atoms with Crippen molar-refractivity contribution in [1.82, 2.24) is 10.2 Å². The third-order valence-electron chi connectivity index (χ3n) is 5.86. The van der Waals surface area contributed by atoms with Crippen LogP contribution in [0.15, 0.2) is 36.4 Å². The lowest BCUT2D eigenvalue weighted by Crippen LogP contribution is -2.30. The van der Waals surface area contributed by atoms with E-state index in [2.05, 4.69) is 28.5 Å². The Bertz CT molecular complexity index is 939. The molecule has 0 spiro atoms. The number of carbonyl (C=O) groups is 2. The summed E-state index contributed by atoms with van der Waals surface area (Å²) in [5, 5.41) is 14.1. The maximum atomic E-state index is 12.1. The van der Waals surface area contributed by atoms with E-state index in [1.54, 1.807) is 0 Å². The summed E-state index contributed by atoms with van der Waals surface area (Å²) >= 11 is 0. The second kappa shape index (κ2) is 11.5.